The molecule has 0 bridgehead atoms. The van der Waals surface area contributed by atoms with E-state index < -0.39 is 17.6 Å². The summed E-state index contributed by atoms with van der Waals surface area (Å²) in [5.41, 5.74) is 1.16. The van der Waals surface area contributed by atoms with Crippen LogP contribution in [0.25, 0.3) is 0 Å². The number of alkyl carbamates (subject to hydrolysis) is 1. The number of benzene rings is 2. The standard InChI is InChI=1S/C25H33N3O6/c1-6-33-20-13-11-17(15-21(20)32-5)12-14-22(29)27-18-9-7-8-10-19(18)28-23(30)16-26-24(31)34-25(2,3)4/h7-11,13,15H,6,12,14,16H2,1-5H3,(H,26,31)(H,27,29)(H,28,30). The second-order valence-corrected chi connectivity index (χ2v) is 8.42. The fourth-order valence-corrected chi connectivity index (χ4v) is 2.97. The highest BCUT2D eigenvalue weighted by Crippen LogP contribution is 2.28. The van der Waals surface area contributed by atoms with Crippen molar-refractivity contribution >= 4 is 29.3 Å². The SMILES string of the molecule is CCOc1ccc(CCC(=O)Nc2ccccc2NC(=O)CNC(=O)OC(C)(C)C)cc1OC. The first-order chi connectivity index (χ1) is 16.1. The largest absolute Gasteiger partial charge is 0.493 e. The van der Waals surface area contributed by atoms with Crippen LogP contribution in [-0.4, -0.2) is 43.8 Å². The third-order valence-corrected chi connectivity index (χ3v) is 4.44. The van der Waals surface area contributed by atoms with Crippen molar-refractivity contribution in [3.05, 3.63) is 48.0 Å². The minimum absolute atomic E-state index is 0.207. The number of anilines is 2. The Labute approximate surface area is 200 Å². The molecule has 34 heavy (non-hydrogen) atoms. The van der Waals surface area contributed by atoms with Gasteiger partial charge >= 0.3 is 6.09 Å². The molecule has 0 aliphatic heterocycles. The first kappa shape index (κ1) is 26.5. The zero-order valence-electron chi connectivity index (χ0n) is 20.3. The number of carbonyl (C=O) groups is 3. The van der Waals surface area contributed by atoms with Gasteiger partial charge in [0.2, 0.25) is 11.8 Å². The molecule has 0 spiro atoms. The van der Waals surface area contributed by atoms with Crippen LogP contribution in [0, 0.1) is 0 Å². The molecule has 0 aliphatic carbocycles. The molecule has 0 unspecified atom stereocenters. The van der Waals surface area contributed by atoms with Gasteiger partial charge in [-0.2, -0.15) is 0 Å². The van der Waals surface area contributed by atoms with E-state index in [1.54, 1.807) is 52.1 Å². The van der Waals surface area contributed by atoms with Crippen LogP contribution in [0.1, 0.15) is 39.7 Å². The minimum atomic E-state index is -0.685. The molecule has 0 aliphatic rings. The van der Waals surface area contributed by atoms with Crippen molar-refractivity contribution in [1.82, 2.24) is 5.32 Å². The van der Waals surface area contributed by atoms with Crippen LogP contribution in [0.3, 0.4) is 0 Å². The quantitative estimate of drug-likeness (QED) is 0.480. The number of rotatable bonds is 10. The average Bonchev–Trinajstić information content (AvgIpc) is 2.77. The van der Waals surface area contributed by atoms with Crippen LogP contribution in [0.5, 0.6) is 11.5 Å². The summed E-state index contributed by atoms with van der Waals surface area (Å²) in [6.45, 7) is 7.37. The van der Waals surface area contributed by atoms with E-state index in [-0.39, 0.29) is 18.9 Å². The van der Waals surface area contributed by atoms with Crippen LogP contribution in [0.15, 0.2) is 42.5 Å². The topological polar surface area (TPSA) is 115 Å². The number of methoxy groups -OCH3 is 1. The number of ether oxygens (including phenoxy) is 3. The van der Waals surface area contributed by atoms with Crippen molar-refractivity contribution in [1.29, 1.82) is 0 Å². The van der Waals surface area contributed by atoms with Crippen LogP contribution in [-0.2, 0) is 20.7 Å². The Morgan fingerprint density at radius 3 is 2.15 bits per heavy atom. The van der Waals surface area contributed by atoms with E-state index >= 15 is 0 Å². The zero-order chi connectivity index (χ0) is 25.1. The molecule has 3 amide bonds. The van der Waals surface area contributed by atoms with Crippen molar-refractivity contribution in [2.45, 2.75) is 46.1 Å². The fourth-order valence-electron chi connectivity index (χ4n) is 2.97. The molecule has 0 heterocycles. The van der Waals surface area contributed by atoms with Crippen LogP contribution in [0.4, 0.5) is 16.2 Å². The zero-order valence-corrected chi connectivity index (χ0v) is 20.3. The van der Waals surface area contributed by atoms with E-state index in [4.69, 9.17) is 14.2 Å². The number of carbonyl (C=O) groups excluding carboxylic acids is 3. The van der Waals surface area contributed by atoms with Gasteiger partial charge in [0.15, 0.2) is 11.5 Å². The van der Waals surface area contributed by atoms with E-state index in [0.29, 0.717) is 35.9 Å². The Balaban J connectivity index is 1.91. The summed E-state index contributed by atoms with van der Waals surface area (Å²) in [5, 5.41) is 7.91. The lowest BCUT2D eigenvalue weighted by molar-refractivity contribution is -0.116. The molecule has 0 fully saturated rings. The van der Waals surface area contributed by atoms with E-state index in [0.717, 1.165) is 5.56 Å². The summed E-state index contributed by atoms with van der Waals surface area (Å²) in [6.07, 6.45) is 0.0536. The van der Waals surface area contributed by atoms with E-state index in [1.165, 1.54) is 0 Å². The fraction of sp³-hybridized carbons (Fsp3) is 0.400. The number of hydrogen-bond acceptors (Lipinski definition) is 6. The maximum atomic E-state index is 12.5. The molecule has 0 saturated heterocycles. The maximum absolute atomic E-state index is 12.5. The van der Waals surface area contributed by atoms with Gasteiger partial charge in [-0.3, -0.25) is 9.59 Å². The Hall–Kier alpha value is -3.75. The molecule has 0 saturated carbocycles. The van der Waals surface area contributed by atoms with Gasteiger partial charge in [0.05, 0.1) is 25.1 Å². The highest BCUT2D eigenvalue weighted by atomic mass is 16.6. The van der Waals surface area contributed by atoms with Crippen molar-refractivity contribution < 1.29 is 28.6 Å². The van der Waals surface area contributed by atoms with E-state index in [1.807, 2.05) is 25.1 Å². The Morgan fingerprint density at radius 2 is 1.56 bits per heavy atom. The lowest BCUT2D eigenvalue weighted by Crippen LogP contribution is -2.37. The van der Waals surface area contributed by atoms with E-state index in [2.05, 4.69) is 16.0 Å². The molecular weight excluding hydrogens is 438 g/mol. The van der Waals surface area contributed by atoms with E-state index in [9.17, 15) is 14.4 Å². The summed E-state index contributed by atoms with van der Waals surface area (Å²) < 4.78 is 16.0. The molecule has 0 aromatic heterocycles. The molecular formula is C25H33N3O6. The molecule has 2 aromatic rings. The molecule has 9 heteroatoms. The summed E-state index contributed by atoms with van der Waals surface area (Å²) in [7, 11) is 1.57. The smallest absolute Gasteiger partial charge is 0.408 e. The second kappa shape index (κ2) is 12.5. The van der Waals surface area contributed by atoms with Gasteiger partial charge in [0.1, 0.15) is 12.1 Å². The molecule has 0 atom stereocenters. The molecule has 3 N–H and O–H groups in total. The first-order valence-corrected chi connectivity index (χ1v) is 11.1. The molecule has 0 radical (unpaired) electrons. The number of amides is 3. The second-order valence-electron chi connectivity index (χ2n) is 8.42. The summed E-state index contributed by atoms with van der Waals surface area (Å²) in [4.78, 5) is 36.5. The summed E-state index contributed by atoms with van der Waals surface area (Å²) in [5.74, 6) is 0.618. The molecule has 9 nitrogen and oxygen atoms in total. The molecule has 2 rings (SSSR count). The summed E-state index contributed by atoms with van der Waals surface area (Å²) in [6, 6.07) is 12.4. The van der Waals surface area contributed by atoms with Crippen LogP contribution < -0.4 is 25.4 Å². The monoisotopic (exact) mass is 471 g/mol. The lowest BCUT2D eigenvalue weighted by Gasteiger charge is -2.19. The van der Waals surface area contributed by atoms with Gasteiger partial charge in [0, 0.05) is 6.42 Å². The highest BCUT2D eigenvalue weighted by Gasteiger charge is 2.17. The predicted molar refractivity (Wildman–Crippen MR) is 130 cm³/mol. The van der Waals surface area contributed by atoms with Crippen molar-refractivity contribution in [3.8, 4) is 11.5 Å². The van der Waals surface area contributed by atoms with Crippen molar-refractivity contribution in [3.63, 3.8) is 0 Å². The third kappa shape index (κ3) is 9.01. The van der Waals surface area contributed by atoms with Gasteiger partial charge in [-0.15, -0.1) is 0 Å². The number of para-hydroxylation sites is 2. The van der Waals surface area contributed by atoms with Crippen molar-refractivity contribution in [2.75, 3.05) is 30.9 Å². The van der Waals surface area contributed by atoms with Gasteiger partial charge in [-0.25, -0.2) is 4.79 Å². The van der Waals surface area contributed by atoms with Crippen LogP contribution >= 0.6 is 0 Å². The first-order valence-electron chi connectivity index (χ1n) is 11.1. The normalized spacial score (nSPS) is 10.7. The minimum Gasteiger partial charge on any atom is -0.493 e. The average molecular weight is 472 g/mol. The summed E-state index contributed by atoms with van der Waals surface area (Å²) >= 11 is 0. The van der Waals surface area contributed by atoms with Gasteiger partial charge in [-0.1, -0.05) is 18.2 Å². The molecule has 184 valence electrons. The number of hydrogen-bond donors (Lipinski definition) is 3. The number of aryl methyl sites for hydroxylation is 1. The molecule has 2 aromatic carbocycles. The Kier molecular flexibility index (Phi) is 9.73. The Morgan fingerprint density at radius 1 is 0.912 bits per heavy atom. The number of nitrogens with one attached hydrogen (secondary N) is 3. The lowest BCUT2D eigenvalue weighted by atomic mass is 10.1. The maximum Gasteiger partial charge on any atom is 0.408 e. The predicted octanol–water partition coefficient (Wildman–Crippen LogP) is 4.13. The third-order valence-electron chi connectivity index (χ3n) is 4.44. The van der Waals surface area contributed by atoms with Crippen LogP contribution in [0.2, 0.25) is 0 Å². The van der Waals surface area contributed by atoms with Crippen molar-refractivity contribution in [2.24, 2.45) is 0 Å². The Bertz CT molecular complexity index is 1000. The van der Waals surface area contributed by atoms with Gasteiger partial charge < -0.3 is 30.2 Å². The highest BCUT2D eigenvalue weighted by molar-refractivity contribution is 6.00. The van der Waals surface area contributed by atoms with Gasteiger partial charge in [0.25, 0.3) is 0 Å². The van der Waals surface area contributed by atoms with Gasteiger partial charge in [-0.05, 0) is 63.9 Å².